The van der Waals surface area contributed by atoms with E-state index in [4.69, 9.17) is 4.98 Å². The highest BCUT2D eigenvalue weighted by Gasteiger charge is 2.20. The Kier molecular flexibility index (Phi) is 5.79. The molecule has 7 nitrogen and oxygen atoms in total. The molecule has 0 atom stereocenters. The number of benzene rings is 1. The van der Waals surface area contributed by atoms with Gasteiger partial charge in [0.2, 0.25) is 0 Å². The molecular weight excluding hydrogens is 430 g/mol. The maximum absolute atomic E-state index is 13.2. The lowest BCUT2D eigenvalue weighted by Crippen LogP contribution is -2.16. The topological polar surface area (TPSA) is 80.1 Å². The molecule has 9 heteroatoms. The van der Waals surface area contributed by atoms with Crippen LogP contribution in [0.5, 0.6) is 0 Å². The number of carbonyl (C=O) groups is 2. The van der Waals surface area contributed by atoms with Gasteiger partial charge in [-0.2, -0.15) is 5.10 Å². The maximum atomic E-state index is 13.2. The first-order chi connectivity index (χ1) is 14.8. The fraction of sp³-hybridized carbons (Fsp3) is 0.182. The van der Waals surface area contributed by atoms with Gasteiger partial charge in [-0.15, -0.1) is 11.3 Å². The van der Waals surface area contributed by atoms with Crippen LogP contribution < -0.4 is 5.32 Å². The Morgan fingerprint density at radius 2 is 1.90 bits per heavy atom. The van der Waals surface area contributed by atoms with Crippen molar-refractivity contribution in [3.63, 3.8) is 0 Å². The summed E-state index contributed by atoms with van der Waals surface area (Å²) in [6.45, 7) is 1.87. The number of amides is 2. The fourth-order valence-electron chi connectivity index (χ4n) is 3.17. The van der Waals surface area contributed by atoms with Crippen molar-refractivity contribution in [2.75, 3.05) is 19.4 Å². The van der Waals surface area contributed by atoms with Crippen LogP contribution in [-0.2, 0) is 7.05 Å². The molecule has 3 heterocycles. The number of nitrogens with zero attached hydrogens (tertiary/aromatic N) is 4. The van der Waals surface area contributed by atoms with E-state index in [1.54, 1.807) is 42.2 Å². The molecule has 0 aliphatic heterocycles. The average molecular weight is 452 g/mol. The lowest BCUT2D eigenvalue weighted by atomic mass is 10.1. The van der Waals surface area contributed by atoms with Crippen LogP contribution in [0.1, 0.15) is 16.1 Å². The Bertz CT molecular complexity index is 1260. The molecule has 0 aliphatic rings. The van der Waals surface area contributed by atoms with Gasteiger partial charge in [-0.25, -0.2) is 4.98 Å². The lowest BCUT2D eigenvalue weighted by molar-refractivity contribution is 0.102. The normalized spacial score (nSPS) is 11.0. The number of fused-ring (bicyclic) bond motifs is 1. The molecule has 0 aliphatic carbocycles. The summed E-state index contributed by atoms with van der Waals surface area (Å²) < 4.78 is 1.70. The van der Waals surface area contributed by atoms with Gasteiger partial charge in [-0.3, -0.25) is 14.3 Å². The van der Waals surface area contributed by atoms with Crippen LogP contribution in [-0.4, -0.2) is 44.9 Å². The number of aromatic nitrogens is 3. The number of thiophene rings is 1. The van der Waals surface area contributed by atoms with Crippen molar-refractivity contribution in [1.29, 1.82) is 0 Å². The van der Waals surface area contributed by atoms with Crippen LogP contribution >= 0.6 is 23.1 Å². The van der Waals surface area contributed by atoms with Crippen LogP contribution in [0.3, 0.4) is 0 Å². The van der Waals surface area contributed by atoms with E-state index in [-0.39, 0.29) is 11.1 Å². The fourth-order valence-corrected chi connectivity index (χ4v) is 4.51. The average Bonchev–Trinajstić information content (AvgIpc) is 3.37. The van der Waals surface area contributed by atoms with Crippen LogP contribution in [0.2, 0.25) is 0 Å². The highest BCUT2D eigenvalue weighted by Crippen LogP contribution is 2.30. The van der Waals surface area contributed by atoms with Gasteiger partial charge in [0, 0.05) is 31.7 Å². The number of pyridine rings is 1. The summed E-state index contributed by atoms with van der Waals surface area (Å²) in [4.78, 5) is 33.1. The van der Waals surface area contributed by atoms with Crippen molar-refractivity contribution in [3.8, 4) is 10.6 Å². The Morgan fingerprint density at radius 3 is 2.55 bits per heavy atom. The van der Waals surface area contributed by atoms with Crippen LogP contribution in [0.4, 0.5) is 10.5 Å². The maximum Gasteiger partial charge on any atom is 0.285 e. The summed E-state index contributed by atoms with van der Waals surface area (Å²) in [5, 5.41) is 10.1. The molecule has 158 valence electrons. The Morgan fingerprint density at radius 1 is 1.16 bits per heavy atom. The summed E-state index contributed by atoms with van der Waals surface area (Å²) in [5.74, 6) is -0.230. The van der Waals surface area contributed by atoms with Gasteiger partial charge in [0.15, 0.2) is 5.65 Å². The Balaban J connectivity index is 1.65. The monoisotopic (exact) mass is 451 g/mol. The van der Waals surface area contributed by atoms with Gasteiger partial charge in [-0.1, -0.05) is 6.07 Å². The zero-order valence-corrected chi connectivity index (χ0v) is 19.2. The summed E-state index contributed by atoms with van der Waals surface area (Å²) in [6.07, 6.45) is 0. The molecule has 0 radical (unpaired) electrons. The third kappa shape index (κ3) is 4.33. The molecule has 0 saturated heterocycles. The van der Waals surface area contributed by atoms with Crippen molar-refractivity contribution in [1.82, 2.24) is 19.7 Å². The minimum absolute atomic E-state index is 0.0517. The van der Waals surface area contributed by atoms with E-state index >= 15 is 0 Å². The second kappa shape index (κ2) is 8.52. The standard InChI is InChI=1S/C22H21N5O2S2/c1-13-19-16(12-17(18-6-5-11-30-18)24-20(19)27(4)25-13)21(28)23-14-7-9-15(10-8-14)31-22(29)26(2)3/h5-12H,1-4H3,(H,23,28). The van der Waals surface area contributed by atoms with Gasteiger partial charge in [-0.05, 0) is 60.5 Å². The molecule has 31 heavy (non-hydrogen) atoms. The minimum Gasteiger partial charge on any atom is -0.339 e. The number of rotatable bonds is 4. The van der Waals surface area contributed by atoms with Crippen LogP contribution in [0.15, 0.2) is 52.7 Å². The number of anilines is 1. The van der Waals surface area contributed by atoms with Gasteiger partial charge in [0.25, 0.3) is 11.1 Å². The largest absolute Gasteiger partial charge is 0.339 e. The minimum atomic E-state index is -0.230. The van der Waals surface area contributed by atoms with E-state index in [1.807, 2.05) is 49.7 Å². The Hall–Kier alpha value is -3.17. The first-order valence-electron chi connectivity index (χ1n) is 9.52. The SMILES string of the molecule is Cc1nn(C)c2nc(-c3cccs3)cc(C(=O)Nc3ccc(SC(=O)N(C)C)cc3)c12. The van der Waals surface area contributed by atoms with Gasteiger partial charge in [0.05, 0.1) is 27.2 Å². The zero-order valence-electron chi connectivity index (χ0n) is 17.5. The number of hydrogen-bond donors (Lipinski definition) is 1. The van der Waals surface area contributed by atoms with E-state index in [9.17, 15) is 9.59 Å². The molecule has 0 bridgehead atoms. The number of thioether (sulfide) groups is 1. The second-order valence-electron chi connectivity index (χ2n) is 7.18. The molecule has 0 fully saturated rings. The molecule has 4 rings (SSSR count). The van der Waals surface area contributed by atoms with E-state index in [0.717, 1.165) is 38.3 Å². The molecule has 0 spiro atoms. The summed E-state index contributed by atoms with van der Waals surface area (Å²) in [6, 6.07) is 13.0. The first kappa shape index (κ1) is 21.1. The van der Waals surface area contributed by atoms with Crippen molar-refractivity contribution in [2.24, 2.45) is 7.05 Å². The number of nitrogens with one attached hydrogen (secondary N) is 1. The molecule has 4 aromatic rings. The third-order valence-corrected chi connectivity index (χ3v) is 6.61. The molecule has 0 saturated carbocycles. The zero-order chi connectivity index (χ0) is 22.1. The Labute approximate surface area is 188 Å². The van der Waals surface area contributed by atoms with E-state index in [1.165, 1.54) is 4.90 Å². The number of carbonyl (C=O) groups excluding carboxylic acids is 2. The third-order valence-electron chi connectivity index (χ3n) is 4.67. The molecule has 0 unspecified atom stereocenters. The predicted molar refractivity (Wildman–Crippen MR) is 126 cm³/mol. The molecule has 3 aromatic heterocycles. The van der Waals surface area contributed by atoms with Gasteiger partial charge in [0.1, 0.15) is 0 Å². The second-order valence-corrected chi connectivity index (χ2v) is 9.15. The molecule has 2 amide bonds. The van der Waals surface area contributed by atoms with Crippen LogP contribution in [0, 0.1) is 6.92 Å². The van der Waals surface area contributed by atoms with E-state index in [0.29, 0.717) is 16.9 Å². The molecular formula is C22H21N5O2S2. The van der Waals surface area contributed by atoms with E-state index in [2.05, 4.69) is 10.4 Å². The number of aryl methyl sites for hydroxylation is 2. The van der Waals surface area contributed by atoms with Gasteiger partial charge >= 0.3 is 0 Å². The van der Waals surface area contributed by atoms with Gasteiger partial charge < -0.3 is 10.2 Å². The van der Waals surface area contributed by atoms with Crippen molar-refractivity contribution >= 4 is 51.0 Å². The smallest absolute Gasteiger partial charge is 0.285 e. The highest BCUT2D eigenvalue weighted by molar-refractivity contribution is 8.13. The van der Waals surface area contributed by atoms with Crippen molar-refractivity contribution in [2.45, 2.75) is 11.8 Å². The van der Waals surface area contributed by atoms with Crippen molar-refractivity contribution < 1.29 is 9.59 Å². The summed E-state index contributed by atoms with van der Waals surface area (Å²) in [5.41, 5.74) is 3.34. The first-order valence-corrected chi connectivity index (χ1v) is 11.2. The van der Waals surface area contributed by atoms with E-state index < -0.39 is 0 Å². The summed E-state index contributed by atoms with van der Waals surface area (Å²) in [7, 11) is 5.25. The molecule has 1 aromatic carbocycles. The van der Waals surface area contributed by atoms with Crippen molar-refractivity contribution in [3.05, 3.63) is 59.1 Å². The summed E-state index contributed by atoms with van der Waals surface area (Å²) >= 11 is 2.71. The quantitative estimate of drug-likeness (QED) is 0.440. The highest BCUT2D eigenvalue weighted by atomic mass is 32.2. The number of hydrogen-bond acceptors (Lipinski definition) is 6. The molecule has 1 N–H and O–H groups in total. The van der Waals surface area contributed by atoms with Crippen LogP contribution in [0.25, 0.3) is 21.6 Å². The lowest BCUT2D eigenvalue weighted by Gasteiger charge is -2.11. The predicted octanol–water partition coefficient (Wildman–Crippen LogP) is 5.03.